The van der Waals surface area contributed by atoms with Crippen LogP contribution in [0.1, 0.15) is 73.1 Å². The van der Waals surface area contributed by atoms with E-state index < -0.39 is 0 Å². The van der Waals surface area contributed by atoms with E-state index in [4.69, 9.17) is 12.2 Å². The van der Waals surface area contributed by atoms with Crippen LogP contribution < -0.4 is 0 Å². The Balaban J connectivity index is 4.27. The Labute approximate surface area is 132 Å². The molecule has 0 radical (unpaired) electrons. The smallest absolute Gasteiger partial charge is 0.0102 e. The molecule has 0 aliphatic heterocycles. The van der Waals surface area contributed by atoms with E-state index >= 15 is 0 Å². The predicted octanol–water partition coefficient (Wildman–Crippen LogP) is 6.76. The summed E-state index contributed by atoms with van der Waals surface area (Å²) in [6.07, 6.45) is 12.1. The maximum absolute atomic E-state index is 5.14. The SMILES string of the molecule is C=CC(C)CC(CCCCCC(C)=S)C(C)C=C(C)C. The van der Waals surface area contributed by atoms with E-state index in [0.717, 1.165) is 17.2 Å². The molecule has 0 aliphatic rings. The van der Waals surface area contributed by atoms with Crippen LogP contribution in [0.15, 0.2) is 24.3 Å². The topological polar surface area (TPSA) is 0 Å². The van der Waals surface area contributed by atoms with E-state index in [9.17, 15) is 0 Å². The highest BCUT2D eigenvalue weighted by Gasteiger charge is 2.17. The summed E-state index contributed by atoms with van der Waals surface area (Å²) in [5.41, 5.74) is 1.44. The summed E-state index contributed by atoms with van der Waals surface area (Å²) in [7, 11) is 0. The first-order chi connectivity index (χ1) is 9.36. The Morgan fingerprint density at radius 3 is 2.25 bits per heavy atom. The molecule has 3 atom stereocenters. The number of thiocarbonyl (C=S) groups is 1. The van der Waals surface area contributed by atoms with Crippen LogP contribution in [-0.4, -0.2) is 4.86 Å². The van der Waals surface area contributed by atoms with Crippen LogP contribution in [0, 0.1) is 17.8 Å². The molecule has 0 amide bonds. The first-order valence-electron chi connectivity index (χ1n) is 8.13. The van der Waals surface area contributed by atoms with E-state index in [1.807, 2.05) is 0 Å². The van der Waals surface area contributed by atoms with Gasteiger partial charge < -0.3 is 0 Å². The maximum Gasteiger partial charge on any atom is -0.0102 e. The van der Waals surface area contributed by atoms with Crippen molar-refractivity contribution in [1.29, 1.82) is 0 Å². The van der Waals surface area contributed by atoms with Crippen molar-refractivity contribution >= 4 is 17.1 Å². The lowest BCUT2D eigenvalue weighted by molar-refractivity contribution is 0.323. The highest BCUT2D eigenvalue weighted by molar-refractivity contribution is 7.80. The predicted molar refractivity (Wildman–Crippen MR) is 97.4 cm³/mol. The Bertz CT molecular complexity index is 310. The third kappa shape index (κ3) is 10.4. The van der Waals surface area contributed by atoms with Crippen molar-refractivity contribution in [3.05, 3.63) is 24.3 Å². The lowest BCUT2D eigenvalue weighted by atomic mass is 9.81. The van der Waals surface area contributed by atoms with E-state index in [-0.39, 0.29) is 0 Å². The Kier molecular flexibility index (Phi) is 11.0. The molecule has 0 spiro atoms. The molecule has 0 aromatic heterocycles. The third-order valence-corrected chi connectivity index (χ3v) is 4.22. The second kappa shape index (κ2) is 11.3. The highest BCUT2D eigenvalue weighted by Crippen LogP contribution is 2.28. The van der Waals surface area contributed by atoms with E-state index in [2.05, 4.69) is 53.3 Å². The van der Waals surface area contributed by atoms with Crippen molar-refractivity contribution in [2.75, 3.05) is 0 Å². The van der Waals surface area contributed by atoms with E-state index in [1.54, 1.807) is 0 Å². The van der Waals surface area contributed by atoms with Crippen LogP contribution >= 0.6 is 12.2 Å². The molecule has 1 heteroatoms. The molecule has 20 heavy (non-hydrogen) atoms. The van der Waals surface area contributed by atoms with Crippen LogP contribution in [0.3, 0.4) is 0 Å². The molecule has 0 fully saturated rings. The molecule has 0 nitrogen and oxygen atoms in total. The van der Waals surface area contributed by atoms with Crippen molar-refractivity contribution in [2.45, 2.75) is 73.1 Å². The number of hydrogen-bond acceptors (Lipinski definition) is 1. The molecule has 0 saturated carbocycles. The van der Waals surface area contributed by atoms with Crippen LogP contribution in [0.25, 0.3) is 0 Å². The van der Waals surface area contributed by atoms with Gasteiger partial charge in [-0.3, -0.25) is 0 Å². The Morgan fingerprint density at radius 2 is 1.75 bits per heavy atom. The normalized spacial score (nSPS) is 15.2. The molecule has 0 heterocycles. The molecule has 0 saturated heterocycles. The van der Waals surface area contributed by atoms with Gasteiger partial charge in [-0.05, 0) is 69.1 Å². The number of allylic oxidation sites excluding steroid dienone is 3. The quantitative estimate of drug-likeness (QED) is 0.230. The van der Waals surface area contributed by atoms with Gasteiger partial charge in [-0.25, -0.2) is 0 Å². The van der Waals surface area contributed by atoms with Crippen LogP contribution in [0.2, 0.25) is 0 Å². The number of rotatable bonds is 11. The summed E-state index contributed by atoms with van der Waals surface area (Å²) in [5, 5.41) is 0. The molecule has 116 valence electrons. The van der Waals surface area contributed by atoms with Gasteiger partial charge in [0, 0.05) is 0 Å². The van der Waals surface area contributed by atoms with Crippen LogP contribution in [0.5, 0.6) is 0 Å². The van der Waals surface area contributed by atoms with Gasteiger partial charge in [0.25, 0.3) is 0 Å². The largest absolute Gasteiger partial charge is 0.103 e. The molecule has 0 aromatic carbocycles. The van der Waals surface area contributed by atoms with Gasteiger partial charge in [-0.2, -0.15) is 0 Å². The monoisotopic (exact) mass is 294 g/mol. The Hall–Kier alpha value is -0.430. The van der Waals surface area contributed by atoms with E-state index in [1.165, 1.54) is 37.7 Å². The van der Waals surface area contributed by atoms with Gasteiger partial charge in [0.1, 0.15) is 0 Å². The molecular weight excluding hydrogens is 260 g/mol. The fourth-order valence-electron chi connectivity index (χ4n) is 2.79. The summed E-state index contributed by atoms with van der Waals surface area (Å²) in [6.45, 7) is 15.0. The second-order valence-corrected chi connectivity index (χ2v) is 7.31. The average molecular weight is 295 g/mol. The molecule has 0 aliphatic carbocycles. The first kappa shape index (κ1) is 19.6. The average Bonchev–Trinajstić information content (AvgIpc) is 2.35. The molecule has 0 aromatic rings. The van der Waals surface area contributed by atoms with Crippen molar-refractivity contribution in [3.8, 4) is 0 Å². The van der Waals surface area contributed by atoms with Crippen molar-refractivity contribution in [2.24, 2.45) is 17.8 Å². The zero-order valence-electron chi connectivity index (χ0n) is 14.2. The lowest BCUT2D eigenvalue weighted by Gasteiger charge is -2.24. The van der Waals surface area contributed by atoms with Gasteiger partial charge in [-0.15, -0.1) is 6.58 Å². The minimum Gasteiger partial charge on any atom is -0.103 e. The molecular formula is C19H34S. The number of unbranched alkanes of at least 4 members (excludes halogenated alkanes) is 2. The maximum atomic E-state index is 5.14. The molecule has 0 rings (SSSR count). The van der Waals surface area contributed by atoms with Gasteiger partial charge in [-0.1, -0.05) is 56.6 Å². The van der Waals surface area contributed by atoms with Gasteiger partial charge in [0.2, 0.25) is 0 Å². The summed E-state index contributed by atoms with van der Waals surface area (Å²) in [6, 6.07) is 0. The van der Waals surface area contributed by atoms with Crippen molar-refractivity contribution in [1.82, 2.24) is 0 Å². The third-order valence-electron chi connectivity index (χ3n) is 4.02. The van der Waals surface area contributed by atoms with Gasteiger partial charge in [0.15, 0.2) is 0 Å². The number of hydrogen-bond donors (Lipinski definition) is 0. The van der Waals surface area contributed by atoms with Gasteiger partial charge in [0.05, 0.1) is 0 Å². The van der Waals surface area contributed by atoms with Crippen LogP contribution in [0.4, 0.5) is 0 Å². The summed E-state index contributed by atoms with van der Waals surface area (Å²) in [4.78, 5) is 1.15. The van der Waals surface area contributed by atoms with Gasteiger partial charge >= 0.3 is 0 Å². The highest BCUT2D eigenvalue weighted by atomic mass is 32.1. The second-order valence-electron chi connectivity index (χ2n) is 6.61. The minimum absolute atomic E-state index is 0.622. The summed E-state index contributed by atoms with van der Waals surface area (Å²) < 4.78 is 0. The first-order valence-corrected chi connectivity index (χ1v) is 8.54. The molecule has 0 bridgehead atoms. The molecule has 0 N–H and O–H groups in total. The molecule has 3 unspecified atom stereocenters. The lowest BCUT2D eigenvalue weighted by Crippen LogP contribution is -2.13. The van der Waals surface area contributed by atoms with Crippen molar-refractivity contribution in [3.63, 3.8) is 0 Å². The Morgan fingerprint density at radius 1 is 1.10 bits per heavy atom. The zero-order chi connectivity index (χ0) is 15.5. The standard InChI is InChI=1S/C19H34S/c1-7-16(4)14-19(17(5)13-15(2)3)12-10-8-9-11-18(6)20/h7,13,16-17,19H,1,8-12,14H2,2-6H3. The summed E-state index contributed by atoms with van der Waals surface area (Å²) in [5.74, 6) is 2.08. The van der Waals surface area contributed by atoms with Crippen molar-refractivity contribution < 1.29 is 0 Å². The minimum atomic E-state index is 0.622. The zero-order valence-corrected chi connectivity index (χ0v) is 15.1. The van der Waals surface area contributed by atoms with Crippen LogP contribution in [-0.2, 0) is 0 Å². The fraction of sp³-hybridized carbons (Fsp3) is 0.737. The summed E-state index contributed by atoms with van der Waals surface area (Å²) >= 11 is 5.14. The van der Waals surface area contributed by atoms with E-state index in [0.29, 0.717) is 11.8 Å². The fourth-order valence-corrected chi connectivity index (χ4v) is 2.93.